The molecule has 0 aliphatic carbocycles. The summed E-state index contributed by atoms with van der Waals surface area (Å²) in [6.45, 7) is 11.7. The third-order valence-corrected chi connectivity index (χ3v) is 5.43. The number of aromatic nitrogens is 3. The van der Waals surface area contributed by atoms with E-state index >= 15 is 0 Å². The monoisotopic (exact) mass is 428 g/mol. The predicted molar refractivity (Wildman–Crippen MR) is 119 cm³/mol. The lowest BCUT2D eigenvalue weighted by atomic mass is 9.96. The molecule has 0 bridgehead atoms. The van der Waals surface area contributed by atoms with Crippen molar-refractivity contribution >= 4 is 23.7 Å². The fourth-order valence-corrected chi connectivity index (χ4v) is 3.86. The lowest BCUT2D eigenvalue weighted by Crippen LogP contribution is -2.29. The van der Waals surface area contributed by atoms with Gasteiger partial charge >= 0.3 is 5.97 Å². The molecule has 1 aliphatic heterocycles. The van der Waals surface area contributed by atoms with E-state index in [1.807, 2.05) is 45.0 Å². The normalized spacial score (nSPS) is 15.6. The van der Waals surface area contributed by atoms with E-state index < -0.39 is 12.0 Å². The highest BCUT2D eigenvalue weighted by molar-refractivity contribution is 7.99. The van der Waals surface area contributed by atoms with Gasteiger partial charge in [-0.1, -0.05) is 43.5 Å². The van der Waals surface area contributed by atoms with E-state index in [1.165, 1.54) is 0 Å². The average Bonchev–Trinajstić information content (AvgIpc) is 3.12. The van der Waals surface area contributed by atoms with Crippen LogP contribution in [-0.4, -0.2) is 39.2 Å². The molecule has 0 spiro atoms. The van der Waals surface area contributed by atoms with Crippen molar-refractivity contribution in [3.05, 3.63) is 53.8 Å². The number of thioether (sulfide) groups is 1. The van der Waals surface area contributed by atoms with Crippen molar-refractivity contribution in [2.45, 2.75) is 51.4 Å². The summed E-state index contributed by atoms with van der Waals surface area (Å²) in [5.74, 6) is 1.91. The van der Waals surface area contributed by atoms with Crippen LogP contribution < -0.4 is 10.1 Å². The molecule has 0 fully saturated rings. The first-order chi connectivity index (χ1) is 14.4. The van der Waals surface area contributed by atoms with Gasteiger partial charge in [-0.15, -0.1) is 5.10 Å². The lowest BCUT2D eigenvalue weighted by molar-refractivity contribution is -0.138. The van der Waals surface area contributed by atoms with Gasteiger partial charge in [-0.3, -0.25) is 0 Å². The number of anilines is 1. The van der Waals surface area contributed by atoms with Crippen LogP contribution in [-0.2, 0) is 9.53 Å². The van der Waals surface area contributed by atoms with Gasteiger partial charge in [0.15, 0.2) is 0 Å². The zero-order valence-electron chi connectivity index (χ0n) is 17.8. The van der Waals surface area contributed by atoms with E-state index in [0.29, 0.717) is 22.4 Å². The maximum Gasteiger partial charge on any atom is 0.338 e. The summed E-state index contributed by atoms with van der Waals surface area (Å²) in [7, 11) is 0. The molecule has 0 amide bonds. The van der Waals surface area contributed by atoms with Gasteiger partial charge < -0.3 is 14.8 Å². The molecule has 0 radical (unpaired) electrons. The van der Waals surface area contributed by atoms with Crippen LogP contribution in [0.5, 0.6) is 5.75 Å². The number of nitrogens with one attached hydrogen (secondary N) is 1. The lowest BCUT2D eigenvalue weighted by Gasteiger charge is -2.28. The van der Waals surface area contributed by atoms with E-state index in [2.05, 4.69) is 28.9 Å². The van der Waals surface area contributed by atoms with Crippen molar-refractivity contribution in [1.29, 1.82) is 0 Å². The molecule has 1 aromatic heterocycles. The Morgan fingerprint density at radius 3 is 2.73 bits per heavy atom. The summed E-state index contributed by atoms with van der Waals surface area (Å²) in [6, 6.07) is 7.26. The minimum atomic E-state index is -0.449. The van der Waals surface area contributed by atoms with Crippen LogP contribution >= 0.6 is 11.8 Å². The van der Waals surface area contributed by atoms with Crippen LogP contribution in [0.15, 0.2) is 53.3 Å². The van der Waals surface area contributed by atoms with Gasteiger partial charge in [-0.05, 0) is 44.9 Å². The first-order valence-corrected chi connectivity index (χ1v) is 11.0. The van der Waals surface area contributed by atoms with Gasteiger partial charge in [0.05, 0.1) is 11.7 Å². The van der Waals surface area contributed by atoms with E-state index in [4.69, 9.17) is 9.47 Å². The van der Waals surface area contributed by atoms with Crippen molar-refractivity contribution in [3.63, 3.8) is 0 Å². The van der Waals surface area contributed by atoms with Crippen molar-refractivity contribution in [1.82, 2.24) is 14.8 Å². The van der Waals surface area contributed by atoms with Crippen LogP contribution in [0.25, 0.3) is 0 Å². The highest BCUT2D eigenvalue weighted by Gasteiger charge is 2.35. The maximum absolute atomic E-state index is 12.9. The molecular formula is C22H28N4O3S. The Morgan fingerprint density at radius 1 is 1.37 bits per heavy atom. The number of carbonyl (C=O) groups excluding carboxylic acids is 1. The minimum Gasteiger partial charge on any atom is -0.491 e. The van der Waals surface area contributed by atoms with Gasteiger partial charge in [0.2, 0.25) is 11.1 Å². The van der Waals surface area contributed by atoms with E-state index in [1.54, 1.807) is 22.5 Å². The summed E-state index contributed by atoms with van der Waals surface area (Å²) in [5.41, 5.74) is 2.10. The summed E-state index contributed by atoms with van der Waals surface area (Å²) >= 11 is 1.59. The van der Waals surface area contributed by atoms with Crippen LogP contribution in [0.4, 0.5) is 5.95 Å². The zero-order valence-corrected chi connectivity index (χ0v) is 18.7. The summed E-state index contributed by atoms with van der Waals surface area (Å²) in [4.78, 5) is 17.5. The Balaban J connectivity index is 2.02. The van der Waals surface area contributed by atoms with Gasteiger partial charge in [-0.2, -0.15) is 4.98 Å². The second kappa shape index (κ2) is 9.84. The molecule has 1 N–H and O–H groups in total. The second-order valence-electron chi connectivity index (χ2n) is 7.20. The Bertz CT molecular complexity index is 934. The van der Waals surface area contributed by atoms with Crippen molar-refractivity contribution in [3.8, 4) is 5.75 Å². The molecule has 8 heteroatoms. The summed E-state index contributed by atoms with van der Waals surface area (Å²) < 4.78 is 12.9. The molecule has 1 aromatic carbocycles. The first kappa shape index (κ1) is 22.0. The standard InChI is InChI=1S/C22H28N4O3S/c1-6-12-28-20(27)18-15(5)23-21-24-22(30-13-7-2)25-26(21)19(18)16-8-10-17(11-9-16)29-14(3)4/h6,8-11,14,19H,1,7,12-13H2,2-5H3,(H,23,24,25). The van der Waals surface area contributed by atoms with E-state index in [0.717, 1.165) is 23.5 Å². The number of allylic oxidation sites excluding steroid dienone is 1. The van der Waals surface area contributed by atoms with Crippen molar-refractivity contribution < 1.29 is 14.3 Å². The molecule has 160 valence electrons. The number of ether oxygens (including phenoxy) is 2. The maximum atomic E-state index is 12.9. The second-order valence-corrected chi connectivity index (χ2v) is 8.26. The molecule has 0 saturated carbocycles. The number of nitrogens with zero attached hydrogens (tertiary/aromatic N) is 3. The molecule has 3 rings (SSSR count). The van der Waals surface area contributed by atoms with Crippen LogP contribution in [0.2, 0.25) is 0 Å². The predicted octanol–water partition coefficient (Wildman–Crippen LogP) is 4.59. The Morgan fingerprint density at radius 2 is 2.10 bits per heavy atom. The van der Waals surface area contributed by atoms with Gasteiger partial charge in [0.25, 0.3) is 0 Å². The Hall–Kier alpha value is -2.74. The molecule has 1 unspecified atom stereocenters. The quantitative estimate of drug-likeness (QED) is 0.356. The van der Waals surface area contributed by atoms with Gasteiger partial charge in [-0.25, -0.2) is 9.48 Å². The summed E-state index contributed by atoms with van der Waals surface area (Å²) in [6.07, 6.45) is 2.66. The molecule has 1 atom stereocenters. The molecule has 30 heavy (non-hydrogen) atoms. The molecule has 7 nitrogen and oxygen atoms in total. The molecule has 2 aromatic rings. The van der Waals surface area contributed by atoms with Crippen LogP contribution in [0, 0.1) is 0 Å². The first-order valence-electron chi connectivity index (χ1n) is 10.1. The fraction of sp³-hybridized carbons (Fsp3) is 0.409. The number of benzene rings is 1. The smallest absolute Gasteiger partial charge is 0.338 e. The SMILES string of the molecule is C=CCOC(=O)C1=C(C)Nc2nc(SCCC)nn2C1c1ccc(OC(C)C)cc1. The largest absolute Gasteiger partial charge is 0.491 e. The number of hydrogen-bond donors (Lipinski definition) is 1. The third-order valence-electron chi connectivity index (χ3n) is 4.39. The third kappa shape index (κ3) is 4.87. The van der Waals surface area contributed by atoms with Gasteiger partial charge in [0.1, 0.15) is 18.4 Å². The molecule has 0 saturated heterocycles. The van der Waals surface area contributed by atoms with E-state index in [-0.39, 0.29) is 12.7 Å². The van der Waals surface area contributed by atoms with Crippen LogP contribution in [0.1, 0.15) is 45.7 Å². The van der Waals surface area contributed by atoms with Crippen LogP contribution in [0.3, 0.4) is 0 Å². The molecular weight excluding hydrogens is 400 g/mol. The molecule has 2 heterocycles. The highest BCUT2D eigenvalue weighted by Crippen LogP contribution is 2.37. The number of esters is 1. The number of rotatable bonds is 9. The Kier molecular flexibility index (Phi) is 7.20. The van der Waals surface area contributed by atoms with Crippen molar-refractivity contribution in [2.75, 3.05) is 17.7 Å². The van der Waals surface area contributed by atoms with Gasteiger partial charge in [0, 0.05) is 11.4 Å². The number of hydrogen-bond acceptors (Lipinski definition) is 7. The zero-order chi connectivity index (χ0) is 21.7. The highest BCUT2D eigenvalue weighted by atomic mass is 32.2. The van der Waals surface area contributed by atoms with Crippen molar-refractivity contribution in [2.24, 2.45) is 0 Å². The number of fused-ring (bicyclic) bond motifs is 1. The molecule has 1 aliphatic rings. The average molecular weight is 429 g/mol. The van der Waals surface area contributed by atoms with E-state index in [9.17, 15) is 4.79 Å². The fourth-order valence-electron chi connectivity index (χ4n) is 3.17. The summed E-state index contributed by atoms with van der Waals surface area (Å²) in [5, 5.41) is 8.56. The Labute approximate surface area is 181 Å². The number of carbonyl (C=O) groups is 1. The topological polar surface area (TPSA) is 78.3 Å². The minimum absolute atomic E-state index is 0.0846.